The molecule has 29 heavy (non-hydrogen) atoms. The molecule has 1 amide bonds. The van der Waals surface area contributed by atoms with E-state index in [2.05, 4.69) is 15.5 Å². The predicted molar refractivity (Wildman–Crippen MR) is 117 cm³/mol. The molecule has 152 valence electrons. The number of benzene rings is 2. The lowest BCUT2D eigenvalue weighted by atomic mass is 10.1. The zero-order chi connectivity index (χ0) is 20.8. The van der Waals surface area contributed by atoms with Crippen molar-refractivity contribution in [1.82, 2.24) is 14.8 Å². The van der Waals surface area contributed by atoms with Crippen LogP contribution in [0.1, 0.15) is 23.9 Å². The Labute approximate surface area is 179 Å². The molecule has 0 spiro atoms. The molecule has 0 fully saturated rings. The maximum atomic E-state index is 12.4. The van der Waals surface area contributed by atoms with E-state index < -0.39 is 0 Å². The molecule has 2 aromatic carbocycles. The number of amides is 1. The number of nitrogens with one attached hydrogen (secondary N) is 1. The third-order valence-corrected chi connectivity index (χ3v) is 5.66. The second-order valence-electron chi connectivity index (χ2n) is 6.47. The first-order chi connectivity index (χ1) is 14.0. The topological polar surface area (TPSA) is 69.0 Å². The number of para-hydroxylation sites is 2. The zero-order valence-corrected chi connectivity index (χ0v) is 18.2. The fourth-order valence-electron chi connectivity index (χ4n) is 2.87. The van der Waals surface area contributed by atoms with Crippen LogP contribution in [0.25, 0.3) is 0 Å². The van der Waals surface area contributed by atoms with Crippen LogP contribution in [0, 0.1) is 13.8 Å². The van der Waals surface area contributed by atoms with Gasteiger partial charge in [-0.2, -0.15) is 0 Å². The second kappa shape index (κ2) is 9.80. The molecule has 0 saturated heterocycles. The molecule has 3 aromatic rings. The molecule has 1 N–H and O–H groups in total. The Morgan fingerprint density at radius 1 is 1.14 bits per heavy atom. The molecule has 0 aliphatic rings. The number of nitrogens with zero attached hydrogens (tertiary/aromatic N) is 3. The van der Waals surface area contributed by atoms with Crippen LogP contribution in [0.15, 0.2) is 47.6 Å². The van der Waals surface area contributed by atoms with E-state index in [9.17, 15) is 4.79 Å². The van der Waals surface area contributed by atoms with Gasteiger partial charge in [-0.3, -0.25) is 4.79 Å². The zero-order valence-electron chi connectivity index (χ0n) is 16.6. The predicted octanol–water partition coefficient (Wildman–Crippen LogP) is 4.88. The molecule has 0 radical (unpaired) electrons. The Bertz CT molecular complexity index is 986. The minimum absolute atomic E-state index is 0.0769. The maximum Gasteiger partial charge on any atom is 0.234 e. The number of hydrogen-bond donors (Lipinski definition) is 1. The Morgan fingerprint density at radius 3 is 2.55 bits per heavy atom. The largest absolute Gasteiger partial charge is 0.484 e. The second-order valence-corrected chi connectivity index (χ2v) is 7.82. The summed E-state index contributed by atoms with van der Waals surface area (Å²) in [5, 5.41) is 12.7. The number of thioether (sulfide) groups is 1. The van der Waals surface area contributed by atoms with Crippen molar-refractivity contribution in [2.45, 2.75) is 39.1 Å². The van der Waals surface area contributed by atoms with Crippen molar-refractivity contribution in [3.8, 4) is 5.75 Å². The molecule has 6 nitrogen and oxygen atoms in total. The number of halogens is 1. The first-order valence-corrected chi connectivity index (χ1v) is 10.6. The molecule has 0 bridgehead atoms. The van der Waals surface area contributed by atoms with Gasteiger partial charge in [-0.25, -0.2) is 0 Å². The van der Waals surface area contributed by atoms with E-state index in [0.717, 1.165) is 16.8 Å². The summed E-state index contributed by atoms with van der Waals surface area (Å²) >= 11 is 7.48. The van der Waals surface area contributed by atoms with Crippen LogP contribution in [0.3, 0.4) is 0 Å². The van der Waals surface area contributed by atoms with Gasteiger partial charge in [-0.15, -0.1) is 10.2 Å². The molecule has 3 rings (SSSR count). The summed E-state index contributed by atoms with van der Waals surface area (Å²) in [5.41, 5.74) is 2.95. The van der Waals surface area contributed by atoms with Crippen LogP contribution < -0.4 is 10.1 Å². The van der Waals surface area contributed by atoms with Crippen molar-refractivity contribution in [2.24, 2.45) is 0 Å². The van der Waals surface area contributed by atoms with Gasteiger partial charge in [0.2, 0.25) is 5.91 Å². The van der Waals surface area contributed by atoms with E-state index in [1.165, 1.54) is 11.8 Å². The number of aromatic nitrogens is 3. The molecule has 0 aliphatic carbocycles. The highest BCUT2D eigenvalue weighted by Gasteiger charge is 2.15. The third kappa shape index (κ3) is 5.31. The number of hydrogen-bond acceptors (Lipinski definition) is 5. The molecule has 0 saturated carbocycles. The lowest BCUT2D eigenvalue weighted by molar-refractivity contribution is -0.113. The van der Waals surface area contributed by atoms with Crippen molar-refractivity contribution in [3.63, 3.8) is 0 Å². The van der Waals surface area contributed by atoms with Gasteiger partial charge in [-0.05, 0) is 44.0 Å². The van der Waals surface area contributed by atoms with Crippen LogP contribution in [-0.4, -0.2) is 26.4 Å². The fourth-order valence-corrected chi connectivity index (χ4v) is 3.88. The Kier molecular flexibility index (Phi) is 7.17. The van der Waals surface area contributed by atoms with Gasteiger partial charge < -0.3 is 14.6 Å². The normalized spacial score (nSPS) is 10.8. The fraction of sp³-hybridized carbons (Fsp3) is 0.286. The third-order valence-electron chi connectivity index (χ3n) is 4.38. The standard InChI is InChI=1S/C21H23ClN4O2S/c1-4-26-18(12-28-17-11-6-5-10-16(17)22)24-25-21(26)29-13-19(27)23-20-14(2)8-7-9-15(20)3/h5-11H,4,12-13H2,1-3H3,(H,23,27). The average Bonchev–Trinajstić information content (AvgIpc) is 3.10. The Balaban J connectivity index is 1.61. The minimum Gasteiger partial charge on any atom is -0.484 e. The molecule has 8 heteroatoms. The van der Waals surface area contributed by atoms with Crippen LogP contribution in [0.2, 0.25) is 5.02 Å². The minimum atomic E-state index is -0.0769. The van der Waals surface area contributed by atoms with Gasteiger partial charge in [-0.1, -0.05) is 53.7 Å². The highest BCUT2D eigenvalue weighted by atomic mass is 35.5. The summed E-state index contributed by atoms with van der Waals surface area (Å²) in [6.07, 6.45) is 0. The Morgan fingerprint density at radius 2 is 1.86 bits per heavy atom. The molecular formula is C21H23ClN4O2S. The van der Waals surface area contributed by atoms with Crippen molar-refractivity contribution < 1.29 is 9.53 Å². The van der Waals surface area contributed by atoms with Gasteiger partial charge in [0.05, 0.1) is 10.8 Å². The monoisotopic (exact) mass is 430 g/mol. The van der Waals surface area contributed by atoms with E-state index in [-0.39, 0.29) is 18.3 Å². The highest BCUT2D eigenvalue weighted by molar-refractivity contribution is 7.99. The van der Waals surface area contributed by atoms with Crippen LogP contribution in [0.5, 0.6) is 5.75 Å². The first-order valence-electron chi connectivity index (χ1n) is 9.27. The summed E-state index contributed by atoms with van der Waals surface area (Å²) < 4.78 is 7.70. The number of ether oxygens (including phenoxy) is 1. The molecule has 0 unspecified atom stereocenters. The molecule has 1 aromatic heterocycles. The molecule has 0 atom stereocenters. The van der Waals surface area contributed by atoms with Crippen LogP contribution >= 0.6 is 23.4 Å². The van der Waals surface area contributed by atoms with Crippen molar-refractivity contribution in [3.05, 3.63) is 64.4 Å². The SMILES string of the molecule is CCn1c(COc2ccccc2Cl)nnc1SCC(=O)Nc1c(C)cccc1C. The number of carbonyl (C=O) groups is 1. The van der Waals surface area contributed by atoms with Crippen molar-refractivity contribution in [1.29, 1.82) is 0 Å². The summed E-state index contributed by atoms with van der Waals surface area (Å²) in [7, 11) is 0. The average molecular weight is 431 g/mol. The number of rotatable bonds is 8. The summed E-state index contributed by atoms with van der Waals surface area (Å²) in [6, 6.07) is 13.2. The van der Waals surface area contributed by atoms with E-state index in [1.54, 1.807) is 6.07 Å². The quantitative estimate of drug-likeness (QED) is 0.516. The van der Waals surface area contributed by atoms with Gasteiger partial charge in [0.25, 0.3) is 0 Å². The Hall–Kier alpha value is -2.51. The van der Waals surface area contributed by atoms with E-state index in [0.29, 0.717) is 28.3 Å². The maximum absolute atomic E-state index is 12.4. The van der Waals surface area contributed by atoms with Crippen LogP contribution in [-0.2, 0) is 17.9 Å². The number of carbonyl (C=O) groups excluding carboxylic acids is 1. The van der Waals surface area contributed by atoms with Gasteiger partial charge in [0.15, 0.2) is 11.0 Å². The number of aryl methyl sites for hydroxylation is 2. The van der Waals surface area contributed by atoms with E-state index in [1.807, 2.05) is 61.7 Å². The van der Waals surface area contributed by atoms with Crippen molar-refractivity contribution in [2.75, 3.05) is 11.1 Å². The summed E-state index contributed by atoms with van der Waals surface area (Å²) in [6.45, 7) is 6.89. The molecule has 0 aliphatic heterocycles. The van der Waals surface area contributed by atoms with Crippen molar-refractivity contribution >= 4 is 35.0 Å². The van der Waals surface area contributed by atoms with Gasteiger partial charge >= 0.3 is 0 Å². The van der Waals surface area contributed by atoms with E-state index in [4.69, 9.17) is 16.3 Å². The van der Waals surface area contributed by atoms with E-state index >= 15 is 0 Å². The molecule has 1 heterocycles. The smallest absolute Gasteiger partial charge is 0.234 e. The summed E-state index contributed by atoms with van der Waals surface area (Å²) in [4.78, 5) is 12.4. The lowest BCUT2D eigenvalue weighted by Crippen LogP contribution is -2.16. The lowest BCUT2D eigenvalue weighted by Gasteiger charge is -2.12. The molecular weight excluding hydrogens is 408 g/mol. The number of anilines is 1. The van der Waals surface area contributed by atoms with Gasteiger partial charge in [0.1, 0.15) is 12.4 Å². The highest BCUT2D eigenvalue weighted by Crippen LogP contribution is 2.25. The van der Waals surface area contributed by atoms with Gasteiger partial charge in [0, 0.05) is 12.2 Å². The van der Waals surface area contributed by atoms with Crippen LogP contribution in [0.4, 0.5) is 5.69 Å². The first kappa shape index (κ1) is 21.2. The summed E-state index contributed by atoms with van der Waals surface area (Å²) in [5.74, 6) is 1.45.